The van der Waals surface area contributed by atoms with Gasteiger partial charge in [-0.3, -0.25) is 0 Å². The van der Waals surface area contributed by atoms with Crippen LogP contribution in [0, 0.1) is 0 Å². The van der Waals surface area contributed by atoms with Crippen LogP contribution in [0.3, 0.4) is 0 Å². The van der Waals surface area contributed by atoms with Gasteiger partial charge in [0.2, 0.25) is 0 Å². The van der Waals surface area contributed by atoms with E-state index in [0.29, 0.717) is 19.6 Å². The number of urea groups is 1. The number of amides is 2. The molecule has 3 rings (SSSR count). The van der Waals surface area contributed by atoms with Gasteiger partial charge in [-0.15, -0.1) is 10.2 Å². The van der Waals surface area contributed by atoms with E-state index in [9.17, 15) is 4.79 Å². The summed E-state index contributed by atoms with van der Waals surface area (Å²) >= 11 is 1.54. The van der Waals surface area contributed by atoms with E-state index in [4.69, 9.17) is 4.74 Å². The van der Waals surface area contributed by atoms with Crippen molar-refractivity contribution in [3.8, 4) is 5.75 Å². The summed E-state index contributed by atoms with van der Waals surface area (Å²) in [6, 6.07) is 9.64. The van der Waals surface area contributed by atoms with Crippen LogP contribution in [-0.2, 0) is 13.0 Å². The van der Waals surface area contributed by atoms with Gasteiger partial charge in [0.25, 0.3) is 0 Å². The first-order valence-electron chi connectivity index (χ1n) is 7.80. The Bertz CT molecular complexity index is 647. The Morgan fingerprint density at radius 3 is 2.87 bits per heavy atom. The van der Waals surface area contributed by atoms with Gasteiger partial charge in [0.1, 0.15) is 21.9 Å². The number of hydrogen-bond acceptors (Lipinski definition) is 5. The highest BCUT2D eigenvalue weighted by molar-refractivity contribution is 7.11. The average Bonchev–Trinajstić information content (AvgIpc) is 3.23. The lowest BCUT2D eigenvalue weighted by Crippen LogP contribution is -2.39. The fraction of sp³-hybridized carbons (Fsp3) is 0.438. The Hall–Kier alpha value is -2.15. The van der Waals surface area contributed by atoms with E-state index >= 15 is 0 Å². The number of benzene rings is 1. The number of aryl methyl sites for hydroxylation is 1. The summed E-state index contributed by atoms with van der Waals surface area (Å²) in [7, 11) is 0. The van der Waals surface area contributed by atoms with Crippen LogP contribution in [0.1, 0.15) is 23.4 Å². The Balaban J connectivity index is 1.45. The van der Waals surface area contributed by atoms with Gasteiger partial charge in [0, 0.05) is 13.0 Å². The molecule has 1 saturated heterocycles. The lowest BCUT2D eigenvalue weighted by Gasteiger charge is -2.17. The number of carbonyl (C=O) groups is 1. The summed E-state index contributed by atoms with van der Waals surface area (Å²) in [5.74, 6) is 0.848. The molecular weight excluding hydrogens is 312 g/mol. The quantitative estimate of drug-likeness (QED) is 0.913. The van der Waals surface area contributed by atoms with E-state index < -0.39 is 0 Å². The molecule has 0 aliphatic carbocycles. The topological polar surface area (TPSA) is 67.4 Å². The van der Waals surface area contributed by atoms with Gasteiger partial charge in [-0.2, -0.15) is 0 Å². The maximum absolute atomic E-state index is 12.2. The molecule has 0 radical (unpaired) electrons. The van der Waals surface area contributed by atoms with Crippen LogP contribution in [0.4, 0.5) is 4.79 Å². The molecule has 0 bridgehead atoms. The number of likely N-dealkylation sites (tertiary alicyclic amines) is 1. The fourth-order valence-corrected chi connectivity index (χ4v) is 3.19. The molecule has 0 saturated carbocycles. The van der Waals surface area contributed by atoms with E-state index in [0.717, 1.165) is 28.6 Å². The summed E-state index contributed by atoms with van der Waals surface area (Å²) in [4.78, 5) is 14.0. The van der Waals surface area contributed by atoms with Crippen LogP contribution in [0.5, 0.6) is 5.75 Å². The molecule has 7 heteroatoms. The second kappa shape index (κ2) is 7.41. The van der Waals surface area contributed by atoms with Gasteiger partial charge < -0.3 is 15.0 Å². The Kier molecular flexibility index (Phi) is 5.07. The highest BCUT2D eigenvalue weighted by Gasteiger charge is 2.27. The van der Waals surface area contributed by atoms with Crippen molar-refractivity contribution in [2.75, 3.05) is 13.1 Å². The largest absolute Gasteiger partial charge is 0.489 e. The van der Waals surface area contributed by atoms with E-state index in [2.05, 4.69) is 15.5 Å². The predicted octanol–water partition coefficient (Wildman–Crippen LogP) is 2.46. The molecule has 2 aromatic rings. The SMILES string of the molecule is CCc1nnc(CNC(=O)N2CC[C@H](Oc3ccccc3)C2)s1. The number of nitrogens with one attached hydrogen (secondary N) is 1. The van der Waals surface area contributed by atoms with Crippen LogP contribution < -0.4 is 10.1 Å². The Labute approximate surface area is 139 Å². The maximum Gasteiger partial charge on any atom is 0.317 e. The molecule has 1 fully saturated rings. The second-order valence-electron chi connectivity index (χ2n) is 5.39. The molecule has 23 heavy (non-hydrogen) atoms. The van der Waals surface area contributed by atoms with Crippen molar-refractivity contribution in [3.05, 3.63) is 40.3 Å². The van der Waals surface area contributed by atoms with Crippen LogP contribution in [-0.4, -0.2) is 40.3 Å². The highest BCUT2D eigenvalue weighted by Crippen LogP contribution is 2.18. The number of nitrogens with zero attached hydrogens (tertiary/aromatic N) is 3. The summed E-state index contributed by atoms with van der Waals surface area (Å²) in [5.41, 5.74) is 0. The van der Waals surface area contributed by atoms with Crippen molar-refractivity contribution in [1.29, 1.82) is 0 Å². The molecule has 0 spiro atoms. The van der Waals surface area contributed by atoms with E-state index in [1.807, 2.05) is 37.3 Å². The van der Waals surface area contributed by atoms with Crippen molar-refractivity contribution >= 4 is 17.4 Å². The van der Waals surface area contributed by atoms with Crippen LogP contribution in [0.2, 0.25) is 0 Å². The van der Waals surface area contributed by atoms with Gasteiger partial charge in [-0.05, 0) is 18.6 Å². The molecule has 1 aliphatic heterocycles. The van der Waals surface area contributed by atoms with Crippen molar-refractivity contribution in [3.63, 3.8) is 0 Å². The molecular formula is C16H20N4O2S. The minimum absolute atomic E-state index is 0.0522. The van der Waals surface area contributed by atoms with Gasteiger partial charge in [-0.25, -0.2) is 4.79 Å². The zero-order valence-corrected chi connectivity index (χ0v) is 13.9. The molecule has 1 aromatic heterocycles. The van der Waals surface area contributed by atoms with Gasteiger partial charge >= 0.3 is 6.03 Å². The van der Waals surface area contributed by atoms with E-state index in [-0.39, 0.29) is 12.1 Å². The number of ether oxygens (including phenoxy) is 1. The van der Waals surface area contributed by atoms with E-state index in [1.54, 1.807) is 4.90 Å². The van der Waals surface area contributed by atoms with Crippen molar-refractivity contribution in [2.24, 2.45) is 0 Å². The molecule has 6 nitrogen and oxygen atoms in total. The van der Waals surface area contributed by atoms with E-state index in [1.165, 1.54) is 11.3 Å². The second-order valence-corrected chi connectivity index (χ2v) is 6.54. The number of carbonyl (C=O) groups excluding carboxylic acids is 1. The van der Waals surface area contributed by atoms with Crippen molar-refractivity contribution in [1.82, 2.24) is 20.4 Å². The minimum Gasteiger partial charge on any atom is -0.489 e. The highest BCUT2D eigenvalue weighted by atomic mass is 32.1. The van der Waals surface area contributed by atoms with Crippen molar-refractivity contribution < 1.29 is 9.53 Å². The molecule has 1 aromatic carbocycles. The van der Waals surface area contributed by atoms with Crippen molar-refractivity contribution in [2.45, 2.75) is 32.4 Å². The standard InChI is InChI=1S/C16H20N4O2S/c1-2-14-18-19-15(23-14)10-17-16(21)20-9-8-13(11-20)22-12-6-4-3-5-7-12/h3-7,13H,2,8-11H2,1H3,(H,17,21)/t13-/m0/s1. The third-order valence-corrected chi connectivity index (χ3v) is 4.75. The van der Waals surface area contributed by atoms with Gasteiger partial charge in [-0.1, -0.05) is 36.5 Å². The van der Waals surface area contributed by atoms with Gasteiger partial charge in [0.05, 0.1) is 13.1 Å². The summed E-state index contributed by atoms with van der Waals surface area (Å²) < 4.78 is 5.89. The number of para-hydroxylation sites is 1. The minimum atomic E-state index is -0.0718. The third kappa shape index (κ3) is 4.19. The molecule has 122 valence electrons. The smallest absolute Gasteiger partial charge is 0.317 e. The number of hydrogen-bond donors (Lipinski definition) is 1. The normalized spacial score (nSPS) is 17.3. The molecule has 2 amide bonds. The monoisotopic (exact) mass is 332 g/mol. The van der Waals surface area contributed by atoms with Crippen LogP contribution >= 0.6 is 11.3 Å². The zero-order chi connectivity index (χ0) is 16.1. The number of aromatic nitrogens is 2. The Morgan fingerprint density at radius 2 is 2.13 bits per heavy atom. The van der Waals surface area contributed by atoms with Gasteiger partial charge in [0.15, 0.2) is 0 Å². The van der Waals surface area contributed by atoms with Crippen LogP contribution in [0.15, 0.2) is 30.3 Å². The molecule has 0 unspecified atom stereocenters. The first-order chi connectivity index (χ1) is 11.2. The maximum atomic E-state index is 12.2. The molecule has 1 atom stereocenters. The first kappa shape index (κ1) is 15.7. The molecule has 1 aliphatic rings. The average molecular weight is 332 g/mol. The predicted molar refractivity (Wildman–Crippen MR) is 88.6 cm³/mol. The third-order valence-electron chi connectivity index (χ3n) is 3.68. The lowest BCUT2D eigenvalue weighted by molar-refractivity contribution is 0.186. The summed E-state index contributed by atoms with van der Waals surface area (Å²) in [6.07, 6.45) is 1.77. The summed E-state index contributed by atoms with van der Waals surface area (Å²) in [5, 5.41) is 12.9. The fourth-order valence-electron chi connectivity index (χ4n) is 2.47. The number of rotatable bonds is 5. The zero-order valence-electron chi connectivity index (χ0n) is 13.1. The molecule has 2 heterocycles. The lowest BCUT2D eigenvalue weighted by atomic mass is 10.3. The summed E-state index contributed by atoms with van der Waals surface area (Å²) in [6.45, 7) is 3.79. The first-order valence-corrected chi connectivity index (χ1v) is 8.62. The Morgan fingerprint density at radius 1 is 1.35 bits per heavy atom. The molecule has 1 N–H and O–H groups in total. The van der Waals surface area contributed by atoms with Crippen LogP contribution in [0.25, 0.3) is 0 Å².